The molecule has 18 heavy (non-hydrogen) atoms. The van der Waals surface area contributed by atoms with E-state index in [2.05, 4.69) is 5.32 Å². The molecule has 0 fully saturated rings. The molecule has 7 heteroatoms. The highest BCUT2D eigenvalue weighted by Crippen LogP contribution is 2.28. The van der Waals surface area contributed by atoms with E-state index in [0.29, 0.717) is 0 Å². The number of phenolic OH excluding ortho intramolecular Hbond substituents is 2. The predicted molar refractivity (Wildman–Crippen MR) is 57.4 cm³/mol. The highest BCUT2D eigenvalue weighted by molar-refractivity contribution is 5.97. The maximum atomic E-state index is 12.1. The molecule has 0 aliphatic rings. The highest BCUT2D eigenvalue weighted by atomic mass is 19.4. The molecule has 100 valence electrons. The first-order valence-electron chi connectivity index (χ1n) is 5.09. The zero-order valence-electron chi connectivity index (χ0n) is 9.45. The third-order valence-corrected chi connectivity index (χ3v) is 2.17. The second kappa shape index (κ2) is 5.16. The van der Waals surface area contributed by atoms with Crippen LogP contribution < -0.4 is 5.32 Å². The van der Waals surface area contributed by atoms with Gasteiger partial charge in [-0.3, -0.25) is 4.79 Å². The van der Waals surface area contributed by atoms with E-state index in [0.717, 1.165) is 6.07 Å². The van der Waals surface area contributed by atoms with Crippen LogP contribution in [0.2, 0.25) is 0 Å². The third-order valence-electron chi connectivity index (χ3n) is 2.17. The van der Waals surface area contributed by atoms with Crippen molar-refractivity contribution < 1.29 is 28.2 Å². The van der Waals surface area contributed by atoms with E-state index in [-0.39, 0.29) is 5.56 Å². The summed E-state index contributed by atoms with van der Waals surface area (Å²) in [5, 5.41) is 20.6. The van der Waals surface area contributed by atoms with Gasteiger partial charge in [0.05, 0.1) is 12.0 Å². The Hall–Kier alpha value is -1.92. The van der Waals surface area contributed by atoms with Crippen molar-refractivity contribution in [2.75, 3.05) is 0 Å². The number of amides is 1. The van der Waals surface area contributed by atoms with Gasteiger partial charge in [-0.2, -0.15) is 13.2 Å². The maximum Gasteiger partial charge on any atom is 0.391 e. The Morgan fingerprint density at radius 2 is 2.00 bits per heavy atom. The lowest BCUT2D eigenvalue weighted by Gasteiger charge is -2.16. The average molecular weight is 263 g/mol. The number of para-hydroxylation sites is 1. The van der Waals surface area contributed by atoms with Gasteiger partial charge in [0.15, 0.2) is 11.5 Å². The molecule has 0 aromatic heterocycles. The van der Waals surface area contributed by atoms with Crippen molar-refractivity contribution in [3.63, 3.8) is 0 Å². The minimum Gasteiger partial charge on any atom is -0.504 e. The summed E-state index contributed by atoms with van der Waals surface area (Å²) >= 11 is 0. The van der Waals surface area contributed by atoms with Crippen LogP contribution in [0.1, 0.15) is 23.7 Å². The predicted octanol–water partition coefficient (Wildman–Crippen LogP) is 2.17. The Morgan fingerprint density at radius 1 is 1.39 bits per heavy atom. The molecule has 1 atom stereocenters. The first-order chi connectivity index (χ1) is 8.20. The summed E-state index contributed by atoms with van der Waals surface area (Å²) in [7, 11) is 0. The van der Waals surface area contributed by atoms with Crippen molar-refractivity contribution in [2.45, 2.75) is 25.6 Å². The van der Waals surface area contributed by atoms with Gasteiger partial charge in [0, 0.05) is 6.04 Å². The highest BCUT2D eigenvalue weighted by Gasteiger charge is 2.31. The summed E-state index contributed by atoms with van der Waals surface area (Å²) in [6.07, 6.45) is -5.55. The number of hydrogen-bond acceptors (Lipinski definition) is 3. The number of nitrogens with one attached hydrogen (secondary N) is 1. The Morgan fingerprint density at radius 3 is 2.56 bits per heavy atom. The quantitative estimate of drug-likeness (QED) is 0.732. The summed E-state index contributed by atoms with van der Waals surface area (Å²) in [5.74, 6) is -2.04. The van der Waals surface area contributed by atoms with Crippen LogP contribution in [0.5, 0.6) is 11.5 Å². The number of rotatable bonds is 3. The second-order valence-electron chi connectivity index (χ2n) is 3.87. The Balaban J connectivity index is 2.74. The number of carbonyl (C=O) groups is 1. The van der Waals surface area contributed by atoms with E-state index >= 15 is 0 Å². The molecule has 0 saturated carbocycles. The molecule has 0 aliphatic heterocycles. The summed E-state index contributed by atoms with van der Waals surface area (Å²) < 4.78 is 36.2. The van der Waals surface area contributed by atoms with Gasteiger partial charge >= 0.3 is 6.18 Å². The molecule has 1 unspecified atom stereocenters. The molecule has 0 spiro atoms. The molecule has 1 rings (SSSR count). The van der Waals surface area contributed by atoms with Crippen LogP contribution in [0, 0.1) is 0 Å². The number of halogens is 3. The van der Waals surface area contributed by atoms with Crippen molar-refractivity contribution in [1.29, 1.82) is 0 Å². The van der Waals surface area contributed by atoms with Crippen molar-refractivity contribution in [3.8, 4) is 11.5 Å². The molecule has 4 nitrogen and oxygen atoms in total. The number of hydrogen-bond donors (Lipinski definition) is 3. The monoisotopic (exact) mass is 263 g/mol. The summed E-state index contributed by atoms with van der Waals surface area (Å²) in [4.78, 5) is 11.6. The zero-order valence-corrected chi connectivity index (χ0v) is 9.45. The minimum absolute atomic E-state index is 0.274. The summed E-state index contributed by atoms with van der Waals surface area (Å²) in [5.41, 5.74) is -0.274. The number of aromatic hydroxyl groups is 2. The lowest BCUT2D eigenvalue weighted by molar-refractivity contribution is -0.138. The largest absolute Gasteiger partial charge is 0.504 e. The molecular formula is C11H12F3NO3. The van der Waals surface area contributed by atoms with Crippen LogP contribution in [-0.4, -0.2) is 28.3 Å². The first-order valence-corrected chi connectivity index (χ1v) is 5.09. The molecule has 1 amide bonds. The molecule has 0 heterocycles. The van der Waals surface area contributed by atoms with Gasteiger partial charge < -0.3 is 15.5 Å². The molecular weight excluding hydrogens is 251 g/mol. The van der Waals surface area contributed by atoms with E-state index in [9.17, 15) is 23.1 Å². The number of carbonyl (C=O) groups excluding carboxylic acids is 1. The van der Waals surface area contributed by atoms with E-state index < -0.39 is 36.0 Å². The molecule has 1 aromatic carbocycles. The Kier molecular flexibility index (Phi) is 4.05. The first kappa shape index (κ1) is 14.1. The molecule has 3 N–H and O–H groups in total. The van der Waals surface area contributed by atoms with E-state index in [4.69, 9.17) is 5.11 Å². The number of alkyl halides is 3. The third kappa shape index (κ3) is 3.83. The van der Waals surface area contributed by atoms with Gasteiger partial charge in [-0.15, -0.1) is 0 Å². The normalized spacial score (nSPS) is 13.1. The maximum absolute atomic E-state index is 12.1. The van der Waals surface area contributed by atoms with Gasteiger partial charge in [0.1, 0.15) is 0 Å². The topological polar surface area (TPSA) is 69.6 Å². The SMILES string of the molecule is CC(CC(F)(F)F)NC(=O)c1cccc(O)c1O. The number of benzene rings is 1. The fraction of sp³-hybridized carbons (Fsp3) is 0.364. The molecule has 1 aromatic rings. The molecule has 0 radical (unpaired) electrons. The van der Waals surface area contributed by atoms with Crippen LogP contribution in [0.25, 0.3) is 0 Å². The lowest BCUT2D eigenvalue weighted by Crippen LogP contribution is -2.35. The van der Waals surface area contributed by atoms with Crippen LogP contribution in [-0.2, 0) is 0 Å². The van der Waals surface area contributed by atoms with Crippen molar-refractivity contribution in [3.05, 3.63) is 23.8 Å². The lowest BCUT2D eigenvalue weighted by atomic mass is 10.1. The Labute approximate surface area is 101 Å². The average Bonchev–Trinajstić information content (AvgIpc) is 2.18. The van der Waals surface area contributed by atoms with Crippen molar-refractivity contribution >= 4 is 5.91 Å². The molecule has 0 saturated heterocycles. The fourth-order valence-corrected chi connectivity index (χ4v) is 1.41. The smallest absolute Gasteiger partial charge is 0.391 e. The van der Waals surface area contributed by atoms with Gasteiger partial charge in [-0.25, -0.2) is 0 Å². The van der Waals surface area contributed by atoms with Crippen molar-refractivity contribution in [2.24, 2.45) is 0 Å². The summed E-state index contributed by atoms with van der Waals surface area (Å²) in [6.45, 7) is 1.20. The van der Waals surface area contributed by atoms with E-state index in [1.165, 1.54) is 19.1 Å². The van der Waals surface area contributed by atoms with Gasteiger partial charge in [-0.05, 0) is 19.1 Å². The van der Waals surface area contributed by atoms with Crippen LogP contribution in [0.15, 0.2) is 18.2 Å². The van der Waals surface area contributed by atoms with Crippen molar-refractivity contribution in [1.82, 2.24) is 5.32 Å². The van der Waals surface area contributed by atoms with E-state index in [1.807, 2.05) is 0 Å². The fourth-order valence-electron chi connectivity index (χ4n) is 1.41. The number of phenols is 2. The summed E-state index contributed by atoms with van der Waals surface area (Å²) in [6, 6.07) is 2.54. The van der Waals surface area contributed by atoms with E-state index in [1.54, 1.807) is 0 Å². The van der Waals surface area contributed by atoms with Gasteiger partial charge in [0.25, 0.3) is 5.91 Å². The van der Waals surface area contributed by atoms with Gasteiger partial charge in [-0.1, -0.05) is 6.07 Å². The van der Waals surface area contributed by atoms with Crippen LogP contribution in [0.4, 0.5) is 13.2 Å². The standard InChI is InChI=1S/C11H12F3NO3/c1-6(5-11(12,13)14)15-10(18)7-3-2-4-8(16)9(7)17/h2-4,6,16-17H,5H2,1H3,(H,15,18). The van der Waals surface area contributed by atoms with Gasteiger partial charge in [0.2, 0.25) is 0 Å². The van der Waals surface area contributed by atoms with Crippen LogP contribution in [0.3, 0.4) is 0 Å². The molecule has 0 bridgehead atoms. The molecule has 0 aliphatic carbocycles. The van der Waals surface area contributed by atoms with Crippen LogP contribution >= 0.6 is 0 Å². The second-order valence-corrected chi connectivity index (χ2v) is 3.87. The Bertz CT molecular complexity index is 446. The minimum atomic E-state index is -4.38. The zero-order chi connectivity index (χ0) is 13.9.